The van der Waals surface area contributed by atoms with E-state index in [4.69, 9.17) is 9.84 Å². The molecule has 0 fully saturated rings. The second-order valence-corrected chi connectivity index (χ2v) is 5.01. The van der Waals surface area contributed by atoms with Gasteiger partial charge in [0.15, 0.2) is 0 Å². The summed E-state index contributed by atoms with van der Waals surface area (Å²) in [6.07, 6.45) is 0.505. The topological polar surface area (TPSA) is 29.5 Å². The van der Waals surface area contributed by atoms with Crippen LogP contribution in [0.4, 0.5) is 0 Å². The van der Waals surface area contributed by atoms with E-state index in [1.54, 1.807) is 0 Å². The van der Waals surface area contributed by atoms with Crippen LogP contribution in [0.5, 0.6) is 5.75 Å². The lowest BCUT2D eigenvalue weighted by Crippen LogP contribution is -1.96. The molecule has 0 spiro atoms. The highest BCUT2D eigenvalue weighted by Crippen LogP contribution is 2.15. The van der Waals surface area contributed by atoms with Crippen molar-refractivity contribution in [2.45, 2.75) is 26.9 Å². The van der Waals surface area contributed by atoms with Crippen LogP contribution in [0.25, 0.3) is 0 Å². The first kappa shape index (κ1) is 15.2. The smallest absolute Gasteiger partial charge is 0.119 e. The fraction of sp³-hybridized carbons (Fsp3) is 0.263. The summed E-state index contributed by atoms with van der Waals surface area (Å²) >= 11 is 0. The molecule has 2 heteroatoms. The van der Waals surface area contributed by atoms with Crippen LogP contribution in [0.15, 0.2) is 42.5 Å². The number of rotatable bonds is 4. The summed E-state index contributed by atoms with van der Waals surface area (Å²) in [4.78, 5) is 0. The van der Waals surface area contributed by atoms with E-state index in [0.29, 0.717) is 13.0 Å². The van der Waals surface area contributed by atoms with Crippen LogP contribution in [0.3, 0.4) is 0 Å². The fourth-order valence-corrected chi connectivity index (χ4v) is 1.91. The SMILES string of the molecule is Cc1ccc(COc2ccc(C#CCCO)cc2)cc1C. The van der Waals surface area contributed by atoms with Crippen molar-refractivity contribution in [3.05, 3.63) is 64.7 Å². The minimum atomic E-state index is 0.101. The third kappa shape index (κ3) is 4.66. The molecule has 0 aromatic heterocycles. The van der Waals surface area contributed by atoms with Crippen LogP contribution in [-0.2, 0) is 6.61 Å². The van der Waals surface area contributed by atoms with Gasteiger partial charge in [-0.25, -0.2) is 0 Å². The third-order valence-corrected chi connectivity index (χ3v) is 3.30. The fourth-order valence-electron chi connectivity index (χ4n) is 1.91. The molecule has 0 saturated heterocycles. The number of hydrogen-bond acceptors (Lipinski definition) is 2. The van der Waals surface area contributed by atoms with Gasteiger partial charge in [0.05, 0.1) is 6.61 Å². The third-order valence-electron chi connectivity index (χ3n) is 3.30. The Bertz CT molecular complexity index is 646. The Morgan fingerprint density at radius 1 is 1.00 bits per heavy atom. The van der Waals surface area contributed by atoms with Gasteiger partial charge in [-0.1, -0.05) is 30.0 Å². The maximum Gasteiger partial charge on any atom is 0.119 e. The molecule has 1 N–H and O–H groups in total. The van der Waals surface area contributed by atoms with Gasteiger partial charge < -0.3 is 9.84 Å². The largest absolute Gasteiger partial charge is 0.489 e. The van der Waals surface area contributed by atoms with E-state index in [1.165, 1.54) is 16.7 Å². The molecule has 2 rings (SSSR count). The molecule has 0 saturated carbocycles. The van der Waals surface area contributed by atoms with Gasteiger partial charge >= 0.3 is 0 Å². The van der Waals surface area contributed by atoms with E-state index in [9.17, 15) is 0 Å². The Hall–Kier alpha value is -2.24. The van der Waals surface area contributed by atoms with Crippen LogP contribution < -0.4 is 4.74 Å². The van der Waals surface area contributed by atoms with E-state index >= 15 is 0 Å². The minimum absolute atomic E-state index is 0.101. The molecule has 21 heavy (non-hydrogen) atoms. The zero-order chi connectivity index (χ0) is 15.1. The standard InChI is InChI=1S/C19H20O2/c1-15-6-7-18(13-16(15)2)14-21-19-10-8-17(9-11-19)5-3-4-12-20/h6-11,13,20H,4,12,14H2,1-2H3. The predicted octanol–water partition coefficient (Wildman–Crippen LogP) is 3.62. The number of aryl methyl sites for hydroxylation is 2. The van der Waals surface area contributed by atoms with Gasteiger partial charge in [-0.05, 0) is 54.8 Å². The van der Waals surface area contributed by atoms with Crippen molar-refractivity contribution in [2.75, 3.05) is 6.61 Å². The second-order valence-electron chi connectivity index (χ2n) is 5.01. The second kappa shape index (κ2) is 7.52. The molecule has 0 aliphatic heterocycles. The van der Waals surface area contributed by atoms with Crippen molar-refractivity contribution < 1.29 is 9.84 Å². The molecule has 0 bridgehead atoms. The van der Waals surface area contributed by atoms with Crippen molar-refractivity contribution in [3.63, 3.8) is 0 Å². The van der Waals surface area contributed by atoms with Crippen LogP contribution in [0.2, 0.25) is 0 Å². The molecule has 0 amide bonds. The zero-order valence-corrected chi connectivity index (χ0v) is 12.5. The lowest BCUT2D eigenvalue weighted by atomic mass is 10.1. The van der Waals surface area contributed by atoms with Crippen LogP contribution >= 0.6 is 0 Å². The molecule has 0 atom stereocenters. The van der Waals surface area contributed by atoms with Crippen molar-refractivity contribution in [2.24, 2.45) is 0 Å². The average molecular weight is 280 g/mol. The van der Waals surface area contributed by atoms with Crippen LogP contribution in [0, 0.1) is 25.7 Å². The molecule has 108 valence electrons. The molecule has 2 aromatic rings. The molecule has 2 aromatic carbocycles. The molecular formula is C19H20O2. The average Bonchev–Trinajstić information content (AvgIpc) is 2.50. The normalized spacial score (nSPS) is 9.86. The highest BCUT2D eigenvalue weighted by molar-refractivity contribution is 5.38. The van der Waals surface area contributed by atoms with Gasteiger partial charge in [-0.15, -0.1) is 0 Å². The van der Waals surface area contributed by atoms with Crippen molar-refractivity contribution in [1.82, 2.24) is 0 Å². The van der Waals surface area contributed by atoms with Crippen LogP contribution in [-0.4, -0.2) is 11.7 Å². The predicted molar refractivity (Wildman–Crippen MR) is 85.3 cm³/mol. The highest BCUT2D eigenvalue weighted by Gasteiger charge is 1.98. The molecule has 0 unspecified atom stereocenters. The van der Waals surface area contributed by atoms with Gasteiger partial charge in [0.2, 0.25) is 0 Å². The number of ether oxygens (including phenoxy) is 1. The number of benzene rings is 2. The van der Waals surface area contributed by atoms with Crippen molar-refractivity contribution in [3.8, 4) is 17.6 Å². The van der Waals surface area contributed by atoms with Gasteiger partial charge in [-0.2, -0.15) is 0 Å². The first-order valence-corrected chi connectivity index (χ1v) is 7.08. The van der Waals surface area contributed by atoms with E-state index in [0.717, 1.165) is 11.3 Å². The van der Waals surface area contributed by atoms with Gasteiger partial charge in [-0.3, -0.25) is 0 Å². The Morgan fingerprint density at radius 2 is 1.76 bits per heavy atom. The lowest BCUT2D eigenvalue weighted by molar-refractivity contribution is 0.305. The molecule has 0 aliphatic rings. The first-order chi connectivity index (χ1) is 10.2. The maximum absolute atomic E-state index is 8.68. The van der Waals surface area contributed by atoms with Gasteiger partial charge in [0.1, 0.15) is 12.4 Å². The molecule has 2 nitrogen and oxygen atoms in total. The monoisotopic (exact) mass is 280 g/mol. The highest BCUT2D eigenvalue weighted by atomic mass is 16.5. The van der Waals surface area contributed by atoms with E-state index < -0.39 is 0 Å². The quantitative estimate of drug-likeness (QED) is 0.867. The van der Waals surface area contributed by atoms with Crippen LogP contribution in [0.1, 0.15) is 28.7 Å². The van der Waals surface area contributed by atoms with Gasteiger partial charge in [0, 0.05) is 12.0 Å². The summed E-state index contributed by atoms with van der Waals surface area (Å²) in [6.45, 7) is 4.88. The summed E-state index contributed by atoms with van der Waals surface area (Å²) in [7, 11) is 0. The van der Waals surface area contributed by atoms with Gasteiger partial charge in [0.25, 0.3) is 0 Å². The van der Waals surface area contributed by atoms with E-state index in [1.807, 2.05) is 24.3 Å². The summed E-state index contributed by atoms with van der Waals surface area (Å²) in [5.41, 5.74) is 4.68. The number of hydrogen-bond donors (Lipinski definition) is 1. The summed E-state index contributed by atoms with van der Waals surface area (Å²) in [5.74, 6) is 6.73. The minimum Gasteiger partial charge on any atom is -0.489 e. The molecular weight excluding hydrogens is 260 g/mol. The Morgan fingerprint density at radius 3 is 2.43 bits per heavy atom. The van der Waals surface area contributed by atoms with Crippen molar-refractivity contribution in [1.29, 1.82) is 0 Å². The number of aliphatic hydroxyl groups is 1. The zero-order valence-electron chi connectivity index (χ0n) is 12.5. The molecule has 0 aliphatic carbocycles. The Kier molecular flexibility index (Phi) is 5.43. The summed E-state index contributed by atoms with van der Waals surface area (Å²) in [5, 5.41) is 8.68. The Balaban J connectivity index is 1.94. The van der Waals surface area contributed by atoms with Crippen molar-refractivity contribution >= 4 is 0 Å². The van der Waals surface area contributed by atoms with E-state index in [2.05, 4.69) is 43.9 Å². The lowest BCUT2D eigenvalue weighted by Gasteiger charge is -2.08. The Labute approximate surface area is 126 Å². The summed E-state index contributed by atoms with van der Waals surface area (Å²) < 4.78 is 5.78. The van der Waals surface area contributed by atoms with E-state index in [-0.39, 0.29) is 6.61 Å². The molecule has 0 heterocycles. The summed E-state index contributed by atoms with van der Waals surface area (Å²) in [6, 6.07) is 14.1. The molecule has 0 radical (unpaired) electrons. The number of aliphatic hydroxyl groups excluding tert-OH is 1. The maximum atomic E-state index is 8.68. The first-order valence-electron chi connectivity index (χ1n) is 7.08.